The number of anilines is 1. The van der Waals surface area contributed by atoms with E-state index in [-0.39, 0.29) is 22.3 Å². The number of rotatable bonds is 3. The Morgan fingerprint density at radius 1 is 1.24 bits per heavy atom. The number of aliphatic hydroxyl groups is 5. The normalized spacial score (nSPS) is 40.6. The van der Waals surface area contributed by atoms with Gasteiger partial charge in [0, 0.05) is 0 Å². The number of aliphatic hydroxyl groups excluding tert-OH is 5. The van der Waals surface area contributed by atoms with Gasteiger partial charge in [0.2, 0.25) is 5.28 Å². The summed E-state index contributed by atoms with van der Waals surface area (Å²) in [4.78, 5) is 11.6. The quantitative estimate of drug-likeness (QED) is 0.279. The molecule has 160 valence electrons. The van der Waals surface area contributed by atoms with Gasteiger partial charge < -0.3 is 40.7 Å². The minimum Gasteiger partial charge on any atom is -0.394 e. The van der Waals surface area contributed by atoms with Gasteiger partial charge in [-0.1, -0.05) is 0 Å². The zero-order chi connectivity index (χ0) is 21.1. The molecule has 2 saturated heterocycles. The van der Waals surface area contributed by atoms with Gasteiger partial charge in [0.25, 0.3) is 0 Å². The van der Waals surface area contributed by atoms with Gasteiger partial charge in [-0.2, -0.15) is 14.4 Å². The Labute approximate surface area is 167 Å². The van der Waals surface area contributed by atoms with Crippen molar-refractivity contribution in [2.45, 2.75) is 42.6 Å². The summed E-state index contributed by atoms with van der Waals surface area (Å²) in [5.74, 6) is -4.70. The van der Waals surface area contributed by atoms with Crippen LogP contribution in [0.5, 0.6) is 0 Å². The highest BCUT2D eigenvalue weighted by molar-refractivity contribution is 6.28. The van der Waals surface area contributed by atoms with E-state index in [1.807, 2.05) is 0 Å². The van der Waals surface area contributed by atoms with Gasteiger partial charge in [0.1, 0.15) is 36.3 Å². The van der Waals surface area contributed by atoms with Crippen molar-refractivity contribution >= 4 is 28.6 Å². The van der Waals surface area contributed by atoms with Crippen molar-refractivity contribution in [1.29, 1.82) is 0 Å². The molecule has 0 radical (unpaired) electrons. The molecule has 12 nitrogen and oxygen atoms in total. The van der Waals surface area contributed by atoms with Crippen molar-refractivity contribution in [3.8, 4) is 0 Å². The number of alkyl halides is 1. The summed E-state index contributed by atoms with van der Waals surface area (Å²) in [7, 11) is 0. The first kappa shape index (κ1) is 20.6. The van der Waals surface area contributed by atoms with Crippen LogP contribution in [-0.4, -0.2) is 94.9 Å². The monoisotopic (exact) mass is 435 g/mol. The third kappa shape index (κ3) is 3.05. The first-order valence-electron chi connectivity index (χ1n) is 8.67. The van der Waals surface area contributed by atoms with Gasteiger partial charge in [-0.05, 0) is 11.6 Å². The predicted octanol–water partition coefficient (Wildman–Crippen LogP) is -2.51. The van der Waals surface area contributed by atoms with Crippen LogP contribution in [0.3, 0.4) is 0 Å². The molecule has 29 heavy (non-hydrogen) atoms. The Bertz CT molecular complexity index is 921. The molecule has 8 atom stereocenters. The Balaban J connectivity index is 1.84. The molecule has 0 amide bonds. The summed E-state index contributed by atoms with van der Waals surface area (Å²) in [6.07, 6.45) is -8.36. The fraction of sp³-hybridized carbons (Fsp3) is 0.667. The van der Waals surface area contributed by atoms with Crippen LogP contribution in [-0.2, 0) is 15.5 Å². The highest BCUT2D eigenvalue weighted by Gasteiger charge is 2.63. The lowest BCUT2D eigenvalue weighted by Gasteiger charge is -2.41. The molecule has 0 aliphatic carbocycles. The van der Waals surface area contributed by atoms with Crippen LogP contribution in [0.2, 0.25) is 5.28 Å². The Morgan fingerprint density at radius 2 is 1.97 bits per heavy atom. The van der Waals surface area contributed by atoms with E-state index >= 15 is 4.39 Å². The summed E-state index contributed by atoms with van der Waals surface area (Å²) in [6, 6.07) is 0. The van der Waals surface area contributed by atoms with Crippen LogP contribution < -0.4 is 5.73 Å². The Morgan fingerprint density at radius 3 is 2.66 bits per heavy atom. The molecule has 2 aromatic heterocycles. The van der Waals surface area contributed by atoms with Gasteiger partial charge in [-0.25, -0.2) is 4.98 Å². The van der Waals surface area contributed by atoms with Gasteiger partial charge in [-0.15, -0.1) is 0 Å². The minimum absolute atomic E-state index is 0.0104. The SMILES string of the molecule is Nc1nc(Cl)nc2c1ncn2[C@]1(F)O[C@H](CO)[C@@H](O)[C@H]1C1OC[C@@H](O)[C@@H](O)[C@@H]1O. The van der Waals surface area contributed by atoms with Crippen LogP contribution in [0.15, 0.2) is 6.33 Å². The second-order valence-corrected chi connectivity index (χ2v) is 7.31. The number of hydrogen-bond acceptors (Lipinski definition) is 11. The van der Waals surface area contributed by atoms with Gasteiger partial charge in [-0.3, -0.25) is 4.57 Å². The van der Waals surface area contributed by atoms with E-state index in [9.17, 15) is 25.5 Å². The van der Waals surface area contributed by atoms with Crippen LogP contribution >= 0.6 is 11.6 Å². The second kappa shape index (κ2) is 7.21. The van der Waals surface area contributed by atoms with Crippen LogP contribution in [0.4, 0.5) is 10.2 Å². The summed E-state index contributed by atoms with van der Waals surface area (Å²) in [5.41, 5.74) is 5.59. The number of aromatic nitrogens is 4. The maximum Gasteiger partial charge on any atom is 0.304 e. The van der Waals surface area contributed by atoms with Gasteiger partial charge >= 0.3 is 5.98 Å². The van der Waals surface area contributed by atoms with E-state index in [0.717, 1.165) is 10.9 Å². The number of halogens is 2. The lowest BCUT2D eigenvalue weighted by Crippen LogP contribution is -2.59. The number of ether oxygens (including phenoxy) is 2. The maximum atomic E-state index is 16.4. The van der Waals surface area contributed by atoms with Gasteiger partial charge in [0.15, 0.2) is 11.5 Å². The average Bonchev–Trinajstić information content (AvgIpc) is 3.20. The molecule has 2 fully saturated rings. The van der Waals surface area contributed by atoms with E-state index in [4.69, 9.17) is 26.8 Å². The molecular formula is C15H19ClFN5O7. The van der Waals surface area contributed by atoms with Crippen LogP contribution in [0, 0.1) is 5.92 Å². The number of nitrogens with two attached hydrogens (primary N) is 1. The van der Waals surface area contributed by atoms with E-state index < -0.39 is 61.7 Å². The third-order valence-electron chi connectivity index (χ3n) is 5.27. The fourth-order valence-corrected chi connectivity index (χ4v) is 4.00. The summed E-state index contributed by atoms with van der Waals surface area (Å²) in [5, 5.41) is 49.8. The molecule has 4 rings (SSSR count). The zero-order valence-corrected chi connectivity index (χ0v) is 15.5. The van der Waals surface area contributed by atoms with E-state index in [1.165, 1.54) is 0 Å². The molecule has 0 saturated carbocycles. The largest absolute Gasteiger partial charge is 0.394 e. The Hall–Kier alpha value is -1.71. The van der Waals surface area contributed by atoms with Crippen molar-refractivity contribution < 1.29 is 39.4 Å². The summed E-state index contributed by atoms with van der Waals surface area (Å²) in [6.45, 7) is -1.17. The zero-order valence-electron chi connectivity index (χ0n) is 14.7. The number of nitrogens with zero attached hydrogens (tertiary/aromatic N) is 4. The number of hydrogen-bond donors (Lipinski definition) is 6. The number of imidazole rings is 1. The van der Waals surface area contributed by atoms with Crippen molar-refractivity contribution in [3.05, 3.63) is 11.6 Å². The van der Waals surface area contributed by atoms with Crippen molar-refractivity contribution in [2.24, 2.45) is 5.92 Å². The smallest absolute Gasteiger partial charge is 0.304 e. The van der Waals surface area contributed by atoms with Crippen LogP contribution in [0.1, 0.15) is 0 Å². The average molecular weight is 436 g/mol. The first-order valence-corrected chi connectivity index (χ1v) is 9.04. The molecular weight excluding hydrogens is 417 g/mol. The number of fused-ring (bicyclic) bond motifs is 1. The van der Waals surface area contributed by atoms with Gasteiger partial charge in [0.05, 0.1) is 31.3 Å². The van der Waals surface area contributed by atoms with E-state index in [2.05, 4.69) is 15.0 Å². The lowest BCUT2D eigenvalue weighted by atomic mass is 9.84. The minimum atomic E-state index is -2.93. The Kier molecular flexibility index (Phi) is 5.11. The highest BCUT2D eigenvalue weighted by atomic mass is 35.5. The molecule has 7 N–H and O–H groups in total. The molecule has 4 heterocycles. The first-order chi connectivity index (χ1) is 13.7. The molecule has 1 unspecified atom stereocenters. The molecule has 0 bridgehead atoms. The summed E-state index contributed by atoms with van der Waals surface area (Å²) >= 11 is 5.81. The standard InChI is InChI=1S/C15H19ClFN5O7/c16-14-20-12(18)7-13(21-14)22(3-19-7)15(17)6(9(26)5(1-23)29-15)11-10(27)8(25)4(24)2-28-11/h3-6,8-11,23-27H,1-2H2,(H2,18,20,21)/t4-,5-,6+,8-,9-,10+,11?,15+/m1/s1. The molecule has 2 aliphatic rings. The predicted molar refractivity (Wildman–Crippen MR) is 93.0 cm³/mol. The molecule has 0 spiro atoms. The van der Waals surface area contributed by atoms with Crippen molar-refractivity contribution in [3.63, 3.8) is 0 Å². The topological polar surface area (TPSA) is 189 Å². The van der Waals surface area contributed by atoms with E-state index in [0.29, 0.717) is 0 Å². The highest BCUT2D eigenvalue weighted by Crippen LogP contribution is 2.47. The lowest BCUT2D eigenvalue weighted by molar-refractivity contribution is -0.269. The maximum absolute atomic E-state index is 16.4. The molecule has 0 aromatic carbocycles. The van der Waals surface area contributed by atoms with Crippen LogP contribution in [0.25, 0.3) is 11.2 Å². The van der Waals surface area contributed by atoms with Crippen molar-refractivity contribution in [2.75, 3.05) is 18.9 Å². The van der Waals surface area contributed by atoms with E-state index in [1.54, 1.807) is 0 Å². The molecule has 14 heteroatoms. The fourth-order valence-electron chi connectivity index (χ4n) is 3.82. The molecule has 2 aromatic rings. The van der Waals surface area contributed by atoms with Crippen molar-refractivity contribution in [1.82, 2.24) is 19.5 Å². The second-order valence-electron chi connectivity index (χ2n) is 6.98. The molecule has 2 aliphatic heterocycles. The number of nitrogen functional groups attached to an aromatic ring is 1. The third-order valence-corrected chi connectivity index (χ3v) is 5.44. The summed E-state index contributed by atoms with van der Waals surface area (Å²) < 4.78 is 27.8.